The molecule has 0 saturated carbocycles. The smallest absolute Gasteiger partial charge is 0.322 e. The first kappa shape index (κ1) is 16.6. The number of urea groups is 1. The van der Waals surface area contributed by atoms with Gasteiger partial charge in [0.1, 0.15) is 6.04 Å². The van der Waals surface area contributed by atoms with Crippen molar-refractivity contribution >= 4 is 35.1 Å². The number of imide groups is 1. The fourth-order valence-electron chi connectivity index (χ4n) is 2.97. The molecule has 0 unspecified atom stereocenters. The van der Waals surface area contributed by atoms with Crippen LogP contribution in [0.1, 0.15) is 12.8 Å². The third-order valence-corrected chi connectivity index (χ3v) is 4.55. The van der Waals surface area contributed by atoms with Crippen LogP contribution in [0, 0.1) is 0 Å². The summed E-state index contributed by atoms with van der Waals surface area (Å²) >= 11 is 6.01. The molecule has 0 spiro atoms. The van der Waals surface area contributed by atoms with Crippen LogP contribution >= 0.6 is 11.6 Å². The van der Waals surface area contributed by atoms with Gasteiger partial charge < -0.3 is 15.1 Å². The van der Waals surface area contributed by atoms with Crippen molar-refractivity contribution in [2.24, 2.45) is 0 Å². The zero-order valence-corrected chi connectivity index (χ0v) is 13.9. The van der Waals surface area contributed by atoms with Crippen LogP contribution in [-0.4, -0.2) is 55.0 Å². The summed E-state index contributed by atoms with van der Waals surface area (Å²) in [6.45, 7) is 2.75. The van der Waals surface area contributed by atoms with Crippen LogP contribution in [0.4, 0.5) is 10.5 Å². The van der Waals surface area contributed by atoms with Gasteiger partial charge in [0.25, 0.3) is 5.91 Å². The van der Waals surface area contributed by atoms with Gasteiger partial charge in [-0.25, -0.2) is 4.79 Å². The lowest BCUT2D eigenvalue weighted by Crippen LogP contribution is -2.49. The zero-order valence-electron chi connectivity index (χ0n) is 13.1. The number of anilines is 1. The van der Waals surface area contributed by atoms with Gasteiger partial charge in [-0.2, -0.15) is 0 Å². The van der Waals surface area contributed by atoms with E-state index in [-0.39, 0.29) is 18.2 Å². The molecule has 2 N–H and O–H groups in total. The fourth-order valence-corrected chi connectivity index (χ4v) is 3.16. The first-order valence-corrected chi connectivity index (χ1v) is 8.30. The van der Waals surface area contributed by atoms with Gasteiger partial charge in [-0.1, -0.05) is 17.7 Å². The minimum Gasteiger partial charge on any atom is -0.368 e. The predicted molar refractivity (Wildman–Crippen MR) is 89.9 cm³/mol. The van der Waals surface area contributed by atoms with Crippen molar-refractivity contribution in [3.05, 3.63) is 29.3 Å². The van der Waals surface area contributed by atoms with Gasteiger partial charge in [0, 0.05) is 43.3 Å². The average Bonchev–Trinajstić information content (AvgIpc) is 2.90. The maximum absolute atomic E-state index is 12.3. The highest BCUT2D eigenvalue weighted by Gasteiger charge is 2.30. The second-order valence-corrected chi connectivity index (χ2v) is 6.34. The van der Waals surface area contributed by atoms with Crippen molar-refractivity contribution < 1.29 is 14.4 Å². The monoisotopic (exact) mass is 350 g/mol. The Balaban J connectivity index is 1.47. The van der Waals surface area contributed by atoms with E-state index in [4.69, 9.17) is 11.6 Å². The Hall–Kier alpha value is -2.28. The predicted octanol–water partition coefficient (Wildman–Crippen LogP) is 0.977. The number of benzene rings is 1. The number of amides is 4. The summed E-state index contributed by atoms with van der Waals surface area (Å²) in [5, 5.41) is 5.37. The lowest BCUT2D eigenvalue weighted by molar-refractivity contribution is -0.131. The molecule has 24 heavy (non-hydrogen) atoms. The minimum absolute atomic E-state index is 0.00898. The molecule has 1 atom stereocenters. The van der Waals surface area contributed by atoms with Gasteiger partial charge in [-0.15, -0.1) is 0 Å². The molecule has 1 aromatic carbocycles. The quantitative estimate of drug-likeness (QED) is 0.793. The van der Waals surface area contributed by atoms with E-state index in [1.54, 1.807) is 4.90 Å². The van der Waals surface area contributed by atoms with E-state index in [0.717, 1.165) is 18.8 Å². The summed E-state index contributed by atoms with van der Waals surface area (Å²) in [4.78, 5) is 38.8. The average molecular weight is 351 g/mol. The van der Waals surface area contributed by atoms with Crippen LogP contribution in [-0.2, 0) is 9.59 Å². The van der Waals surface area contributed by atoms with Crippen molar-refractivity contribution in [2.75, 3.05) is 31.1 Å². The summed E-state index contributed by atoms with van der Waals surface area (Å²) in [5.41, 5.74) is 1.06. The standard InChI is InChI=1S/C16H19ClN4O3/c17-11-2-1-3-12(10-11)20-6-8-21(9-7-20)14(22)5-4-13-15(23)19-16(24)18-13/h1-3,10,13H,4-9H2,(H2,18,19,23,24)/t13-/m1/s1. The van der Waals surface area contributed by atoms with E-state index in [1.165, 1.54) is 0 Å². The summed E-state index contributed by atoms with van der Waals surface area (Å²) < 4.78 is 0. The highest BCUT2D eigenvalue weighted by Crippen LogP contribution is 2.21. The van der Waals surface area contributed by atoms with E-state index in [1.807, 2.05) is 24.3 Å². The molecule has 128 valence electrons. The number of carbonyl (C=O) groups excluding carboxylic acids is 3. The second-order valence-electron chi connectivity index (χ2n) is 5.90. The van der Waals surface area contributed by atoms with E-state index >= 15 is 0 Å². The number of hydrogen-bond acceptors (Lipinski definition) is 4. The largest absolute Gasteiger partial charge is 0.368 e. The maximum atomic E-state index is 12.3. The van der Waals surface area contributed by atoms with Crippen LogP contribution < -0.4 is 15.5 Å². The van der Waals surface area contributed by atoms with Crippen molar-refractivity contribution in [1.29, 1.82) is 0 Å². The molecule has 4 amide bonds. The second kappa shape index (κ2) is 7.09. The molecule has 1 aromatic rings. The van der Waals surface area contributed by atoms with Gasteiger partial charge in [0.05, 0.1) is 0 Å². The number of carbonyl (C=O) groups is 3. The summed E-state index contributed by atoms with van der Waals surface area (Å²) in [7, 11) is 0. The Bertz CT molecular complexity index is 658. The highest BCUT2D eigenvalue weighted by molar-refractivity contribution is 6.30. The summed E-state index contributed by atoms with van der Waals surface area (Å²) in [6, 6.07) is 6.58. The van der Waals surface area contributed by atoms with Gasteiger partial charge in [0.2, 0.25) is 5.91 Å². The molecular formula is C16H19ClN4O3. The topological polar surface area (TPSA) is 81.8 Å². The number of halogens is 1. The van der Waals surface area contributed by atoms with Crippen molar-refractivity contribution in [2.45, 2.75) is 18.9 Å². The first-order chi connectivity index (χ1) is 11.5. The molecular weight excluding hydrogens is 332 g/mol. The summed E-state index contributed by atoms with van der Waals surface area (Å²) in [5.74, 6) is -0.353. The molecule has 2 heterocycles. The van der Waals surface area contributed by atoms with Crippen molar-refractivity contribution in [1.82, 2.24) is 15.5 Å². The molecule has 0 radical (unpaired) electrons. The molecule has 0 aromatic heterocycles. The van der Waals surface area contributed by atoms with Crippen LogP contribution in [0.2, 0.25) is 5.02 Å². The molecule has 7 nitrogen and oxygen atoms in total. The number of nitrogens with zero attached hydrogens (tertiary/aromatic N) is 2. The first-order valence-electron chi connectivity index (χ1n) is 7.92. The molecule has 8 heteroatoms. The number of hydrogen-bond donors (Lipinski definition) is 2. The third-order valence-electron chi connectivity index (χ3n) is 4.31. The van der Waals surface area contributed by atoms with Gasteiger partial charge >= 0.3 is 6.03 Å². The number of rotatable bonds is 4. The number of piperazine rings is 1. The van der Waals surface area contributed by atoms with Gasteiger partial charge in [0.15, 0.2) is 0 Å². The Morgan fingerprint density at radius 2 is 1.96 bits per heavy atom. The van der Waals surface area contributed by atoms with Crippen molar-refractivity contribution in [3.8, 4) is 0 Å². The lowest BCUT2D eigenvalue weighted by atomic mass is 10.1. The third kappa shape index (κ3) is 3.79. The van der Waals surface area contributed by atoms with E-state index in [0.29, 0.717) is 24.5 Å². The molecule has 0 aliphatic carbocycles. The molecule has 3 rings (SSSR count). The Morgan fingerprint density at radius 1 is 1.21 bits per heavy atom. The van der Waals surface area contributed by atoms with Gasteiger partial charge in [-0.05, 0) is 24.6 Å². The SMILES string of the molecule is O=C1NC(=O)[C@@H](CCC(=O)N2CCN(c3cccc(Cl)c3)CC2)N1. The molecule has 2 aliphatic rings. The van der Waals surface area contributed by atoms with E-state index in [9.17, 15) is 14.4 Å². The summed E-state index contributed by atoms with van der Waals surface area (Å²) in [6.07, 6.45) is 0.570. The van der Waals surface area contributed by atoms with Crippen LogP contribution in [0.25, 0.3) is 0 Å². The zero-order chi connectivity index (χ0) is 17.1. The normalized spacial score (nSPS) is 20.8. The Labute approximate surface area is 144 Å². The Morgan fingerprint density at radius 3 is 2.58 bits per heavy atom. The molecule has 2 fully saturated rings. The minimum atomic E-state index is -0.603. The van der Waals surface area contributed by atoms with Crippen LogP contribution in [0.15, 0.2) is 24.3 Å². The van der Waals surface area contributed by atoms with Crippen molar-refractivity contribution in [3.63, 3.8) is 0 Å². The Kier molecular flexibility index (Phi) is 4.89. The number of nitrogens with one attached hydrogen (secondary N) is 2. The van der Waals surface area contributed by atoms with Crippen LogP contribution in [0.3, 0.4) is 0 Å². The highest BCUT2D eigenvalue weighted by atomic mass is 35.5. The lowest BCUT2D eigenvalue weighted by Gasteiger charge is -2.36. The van der Waals surface area contributed by atoms with Crippen LogP contribution in [0.5, 0.6) is 0 Å². The molecule has 2 aliphatic heterocycles. The van der Waals surface area contributed by atoms with E-state index in [2.05, 4.69) is 15.5 Å². The molecule has 2 saturated heterocycles. The molecule has 0 bridgehead atoms. The fraction of sp³-hybridized carbons (Fsp3) is 0.438. The maximum Gasteiger partial charge on any atom is 0.322 e. The van der Waals surface area contributed by atoms with Gasteiger partial charge in [-0.3, -0.25) is 14.9 Å². The van der Waals surface area contributed by atoms with E-state index < -0.39 is 12.1 Å².